The van der Waals surface area contributed by atoms with Gasteiger partial charge in [-0.3, -0.25) is 9.10 Å². The van der Waals surface area contributed by atoms with Crippen LogP contribution in [-0.4, -0.2) is 39.8 Å². The summed E-state index contributed by atoms with van der Waals surface area (Å²) in [5.41, 5.74) is 1.93. The van der Waals surface area contributed by atoms with Gasteiger partial charge in [0.2, 0.25) is 15.9 Å². The Hall–Kier alpha value is -2.45. The minimum Gasteiger partial charge on any atom is -0.486 e. The molecule has 7 nitrogen and oxygen atoms in total. The lowest BCUT2D eigenvalue weighted by atomic mass is 10.1. The minimum atomic E-state index is -3.75. The predicted octanol–water partition coefficient (Wildman–Crippen LogP) is 3.84. The van der Waals surface area contributed by atoms with E-state index in [4.69, 9.17) is 21.1 Å². The van der Waals surface area contributed by atoms with E-state index in [1.807, 2.05) is 25.1 Å². The van der Waals surface area contributed by atoms with Gasteiger partial charge < -0.3 is 14.8 Å². The van der Waals surface area contributed by atoms with Crippen molar-refractivity contribution in [1.82, 2.24) is 5.32 Å². The van der Waals surface area contributed by atoms with E-state index in [2.05, 4.69) is 5.32 Å². The summed E-state index contributed by atoms with van der Waals surface area (Å²) >= 11 is 6.12. The molecule has 2 aromatic rings. The number of nitrogens with one attached hydrogen (secondary N) is 1. The molecule has 0 spiro atoms. The molecule has 2 atom stereocenters. The second-order valence-electron chi connectivity index (χ2n) is 7.55. The molecule has 9 heteroatoms. The van der Waals surface area contributed by atoms with Crippen LogP contribution < -0.4 is 19.1 Å². The van der Waals surface area contributed by atoms with E-state index in [9.17, 15) is 13.2 Å². The Labute approximate surface area is 188 Å². The lowest BCUT2D eigenvalue weighted by molar-refractivity contribution is -0.122. The van der Waals surface area contributed by atoms with Crippen LogP contribution in [0.3, 0.4) is 0 Å². The monoisotopic (exact) mass is 466 g/mol. The van der Waals surface area contributed by atoms with Crippen LogP contribution in [0.15, 0.2) is 36.4 Å². The van der Waals surface area contributed by atoms with Crippen molar-refractivity contribution in [2.24, 2.45) is 0 Å². The number of hydrogen-bond acceptors (Lipinski definition) is 5. The zero-order valence-electron chi connectivity index (χ0n) is 18.0. The van der Waals surface area contributed by atoms with Crippen molar-refractivity contribution in [3.63, 3.8) is 0 Å². The summed E-state index contributed by atoms with van der Waals surface area (Å²) < 4.78 is 37.7. The zero-order chi connectivity index (χ0) is 22.8. The van der Waals surface area contributed by atoms with Gasteiger partial charge >= 0.3 is 0 Å². The molecule has 1 N–H and O–H groups in total. The molecule has 1 aliphatic heterocycles. The maximum absolute atomic E-state index is 13.2. The van der Waals surface area contributed by atoms with E-state index < -0.39 is 22.0 Å². The topological polar surface area (TPSA) is 84.9 Å². The standard InChI is InChI=1S/C22H27ClN2O5S/c1-5-18(25(31(4,27)28)19-13-17(23)8-6-14(19)2)22(26)24-15(3)16-7-9-20-21(12-16)30-11-10-29-20/h6-9,12-13,15,18H,5,10-11H2,1-4H3,(H,24,26)/t15-,18-/m1/s1. The van der Waals surface area contributed by atoms with Crippen LogP contribution in [0.2, 0.25) is 5.02 Å². The lowest BCUT2D eigenvalue weighted by Gasteiger charge is -2.32. The zero-order valence-corrected chi connectivity index (χ0v) is 19.6. The van der Waals surface area contributed by atoms with Gasteiger partial charge in [-0.1, -0.05) is 30.7 Å². The number of carbonyl (C=O) groups excluding carboxylic acids is 1. The summed E-state index contributed by atoms with van der Waals surface area (Å²) in [5.74, 6) is 0.901. The molecule has 0 aromatic heterocycles. The Kier molecular flexibility index (Phi) is 7.01. The second kappa shape index (κ2) is 9.36. The van der Waals surface area contributed by atoms with Crippen LogP contribution in [0.1, 0.15) is 37.4 Å². The highest BCUT2D eigenvalue weighted by molar-refractivity contribution is 7.92. The van der Waals surface area contributed by atoms with Crippen LogP contribution in [0.5, 0.6) is 11.5 Å². The van der Waals surface area contributed by atoms with Gasteiger partial charge in [-0.2, -0.15) is 0 Å². The number of carbonyl (C=O) groups is 1. The van der Waals surface area contributed by atoms with Gasteiger partial charge in [-0.05, 0) is 55.7 Å². The third-order valence-corrected chi connectivity index (χ3v) is 6.56. The molecule has 0 saturated carbocycles. The SMILES string of the molecule is CC[C@H](C(=O)N[C@H](C)c1ccc2c(c1)OCCO2)N(c1cc(Cl)ccc1C)S(C)(=O)=O. The molecule has 168 valence electrons. The normalized spacial score (nSPS) is 15.1. The van der Waals surface area contributed by atoms with Crippen LogP contribution in [-0.2, 0) is 14.8 Å². The first kappa shape index (κ1) is 23.2. The van der Waals surface area contributed by atoms with Gasteiger partial charge in [-0.15, -0.1) is 0 Å². The van der Waals surface area contributed by atoms with E-state index in [0.29, 0.717) is 47.4 Å². The fourth-order valence-electron chi connectivity index (χ4n) is 3.58. The number of hydrogen-bond donors (Lipinski definition) is 1. The summed E-state index contributed by atoms with van der Waals surface area (Å²) in [7, 11) is -3.75. The number of anilines is 1. The Morgan fingerprint density at radius 2 is 1.84 bits per heavy atom. The Balaban J connectivity index is 1.87. The summed E-state index contributed by atoms with van der Waals surface area (Å²) in [6.07, 6.45) is 1.38. The third kappa shape index (κ3) is 5.25. The molecule has 0 radical (unpaired) electrons. The van der Waals surface area contributed by atoms with Gasteiger partial charge in [0.15, 0.2) is 11.5 Å². The van der Waals surface area contributed by atoms with Gasteiger partial charge in [0.1, 0.15) is 19.3 Å². The maximum Gasteiger partial charge on any atom is 0.244 e. The van der Waals surface area contributed by atoms with Crippen LogP contribution in [0.4, 0.5) is 5.69 Å². The van der Waals surface area contributed by atoms with E-state index in [-0.39, 0.29) is 6.04 Å². The van der Waals surface area contributed by atoms with E-state index in [1.165, 1.54) is 0 Å². The highest BCUT2D eigenvalue weighted by Gasteiger charge is 2.33. The molecule has 1 heterocycles. The highest BCUT2D eigenvalue weighted by Crippen LogP contribution is 2.33. The summed E-state index contributed by atoms with van der Waals surface area (Å²) in [6.45, 7) is 6.37. The molecule has 2 aromatic carbocycles. The number of fused-ring (bicyclic) bond motifs is 1. The molecule has 0 aliphatic carbocycles. The molecule has 0 bridgehead atoms. The quantitative estimate of drug-likeness (QED) is 0.670. The van der Waals surface area contributed by atoms with Crippen molar-refractivity contribution in [2.45, 2.75) is 39.3 Å². The Morgan fingerprint density at radius 1 is 1.16 bits per heavy atom. The van der Waals surface area contributed by atoms with E-state index >= 15 is 0 Å². The number of aryl methyl sites for hydroxylation is 1. The number of sulfonamides is 1. The number of rotatable bonds is 7. The van der Waals surface area contributed by atoms with Crippen molar-refractivity contribution < 1.29 is 22.7 Å². The third-order valence-electron chi connectivity index (χ3n) is 5.16. The average Bonchev–Trinajstić information content (AvgIpc) is 2.72. The van der Waals surface area contributed by atoms with E-state index in [0.717, 1.165) is 16.1 Å². The highest BCUT2D eigenvalue weighted by atomic mass is 35.5. The molecule has 1 aliphatic rings. The Bertz CT molecular complexity index is 1070. The average molecular weight is 467 g/mol. The van der Waals surface area contributed by atoms with Crippen LogP contribution >= 0.6 is 11.6 Å². The molecule has 0 saturated heterocycles. The van der Waals surface area contributed by atoms with Crippen molar-refractivity contribution in [3.8, 4) is 11.5 Å². The summed E-state index contributed by atoms with van der Waals surface area (Å²) in [5, 5.41) is 3.33. The van der Waals surface area contributed by atoms with Gasteiger partial charge in [0.25, 0.3) is 0 Å². The van der Waals surface area contributed by atoms with Gasteiger partial charge in [-0.25, -0.2) is 8.42 Å². The largest absolute Gasteiger partial charge is 0.486 e. The number of halogens is 1. The molecule has 0 fully saturated rings. The van der Waals surface area contributed by atoms with Crippen LogP contribution in [0, 0.1) is 6.92 Å². The number of ether oxygens (including phenoxy) is 2. The van der Waals surface area contributed by atoms with Crippen molar-refractivity contribution in [2.75, 3.05) is 23.8 Å². The molecular weight excluding hydrogens is 440 g/mol. The first-order chi connectivity index (χ1) is 14.6. The lowest BCUT2D eigenvalue weighted by Crippen LogP contribution is -2.50. The smallest absolute Gasteiger partial charge is 0.244 e. The van der Waals surface area contributed by atoms with E-state index in [1.54, 1.807) is 32.0 Å². The molecular formula is C22H27ClN2O5S. The summed E-state index contributed by atoms with van der Waals surface area (Å²) in [4.78, 5) is 13.2. The molecule has 3 rings (SSSR count). The number of nitrogens with zero attached hydrogens (tertiary/aromatic N) is 1. The second-order valence-corrected chi connectivity index (χ2v) is 9.84. The van der Waals surface area contributed by atoms with Crippen LogP contribution in [0.25, 0.3) is 0 Å². The first-order valence-electron chi connectivity index (χ1n) is 10.1. The van der Waals surface area contributed by atoms with Gasteiger partial charge in [0.05, 0.1) is 18.0 Å². The van der Waals surface area contributed by atoms with Crippen molar-refractivity contribution in [3.05, 3.63) is 52.5 Å². The fraction of sp³-hybridized carbons (Fsp3) is 0.409. The van der Waals surface area contributed by atoms with Crippen molar-refractivity contribution in [1.29, 1.82) is 0 Å². The fourth-order valence-corrected chi connectivity index (χ4v) is 5.00. The maximum atomic E-state index is 13.2. The summed E-state index contributed by atoms with van der Waals surface area (Å²) in [6, 6.07) is 9.19. The minimum absolute atomic E-state index is 0.290. The molecule has 31 heavy (non-hydrogen) atoms. The number of benzene rings is 2. The Morgan fingerprint density at radius 3 is 2.48 bits per heavy atom. The predicted molar refractivity (Wildman–Crippen MR) is 122 cm³/mol. The number of amides is 1. The molecule has 1 amide bonds. The van der Waals surface area contributed by atoms with Gasteiger partial charge in [0, 0.05) is 5.02 Å². The molecule has 0 unspecified atom stereocenters. The van der Waals surface area contributed by atoms with Crippen molar-refractivity contribution >= 4 is 33.2 Å². The first-order valence-corrected chi connectivity index (χ1v) is 12.3.